The van der Waals surface area contributed by atoms with Crippen LogP contribution in [0.25, 0.3) is 22.1 Å². The molecule has 0 fully saturated rings. The molecule has 0 amide bonds. The van der Waals surface area contributed by atoms with Crippen molar-refractivity contribution in [3.8, 4) is 0 Å². The van der Waals surface area contributed by atoms with Crippen LogP contribution in [0.2, 0.25) is 0 Å². The number of nitrogens with zero attached hydrogens (tertiary/aromatic N) is 8. The normalized spacial score (nSPS) is 11.7. The van der Waals surface area contributed by atoms with Crippen LogP contribution >= 0.6 is 0 Å². The van der Waals surface area contributed by atoms with E-state index in [1.165, 1.54) is 0 Å². The van der Waals surface area contributed by atoms with E-state index in [0.717, 1.165) is 52.1 Å². The van der Waals surface area contributed by atoms with Crippen LogP contribution in [0.3, 0.4) is 0 Å². The molecule has 0 radical (unpaired) electrons. The molecule has 12 heteroatoms. The second kappa shape index (κ2) is 11.5. The fraction of sp³-hybridized carbons (Fsp3) is 0.258. The number of carboxylic acid groups (broad SMARTS) is 1. The van der Waals surface area contributed by atoms with Gasteiger partial charge in [0.25, 0.3) is 0 Å². The van der Waals surface area contributed by atoms with Gasteiger partial charge in [-0.1, -0.05) is 24.3 Å². The van der Waals surface area contributed by atoms with Crippen LogP contribution in [0, 0.1) is 13.8 Å². The highest BCUT2D eigenvalue weighted by Gasteiger charge is 2.16. The number of anilines is 4. The van der Waals surface area contributed by atoms with Crippen LogP contribution in [-0.2, 0) is 26.2 Å². The van der Waals surface area contributed by atoms with E-state index < -0.39 is 5.97 Å². The monoisotopic (exact) mass is 578 g/mol. The third-order valence-electron chi connectivity index (χ3n) is 7.28. The number of rotatable bonds is 11. The lowest BCUT2D eigenvalue weighted by atomic mass is 10.2. The average molecular weight is 579 g/mol. The number of hydrogen-bond donors (Lipinski definition) is 3. The number of nitrogens with one attached hydrogen (secondary N) is 2. The van der Waals surface area contributed by atoms with Gasteiger partial charge in [-0.3, -0.25) is 0 Å². The zero-order valence-electron chi connectivity index (χ0n) is 24.6. The molecule has 6 aromatic rings. The molecule has 0 unspecified atom stereocenters. The Labute approximate surface area is 248 Å². The van der Waals surface area contributed by atoms with Gasteiger partial charge in [0.15, 0.2) is 0 Å². The Morgan fingerprint density at radius 1 is 0.767 bits per heavy atom. The van der Waals surface area contributed by atoms with Gasteiger partial charge < -0.3 is 24.9 Å². The number of benzene rings is 2. The molecule has 4 heterocycles. The Kier molecular flexibility index (Phi) is 7.41. The summed E-state index contributed by atoms with van der Waals surface area (Å²) in [6, 6.07) is 17.1. The first kappa shape index (κ1) is 27.8. The summed E-state index contributed by atoms with van der Waals surface area (Å²) in [5.41, 5.74) is 5.39. The van der Waals surface area contributed by atoms with Gasteiger partial charge in [-0.25, -0.2) is 24.1 Å². The molecule has 0 aliphatic carbocycles. The van der Waals surface area contributed by atoms with Gasteiger partial charge in [-0.15, -0.1) is 0 Å². The fourth-order valence-electron chi connectivity index (χ4n) is 5.26. The lowest BCUT2D eigenvalue weighted by Crippen LogP contribution is -2.08. The molecule has 0 saturated carbocycles. The van der Waals surface area contributed by atoms with Gasteiger partial charge in [0, 0.05) is 38.3 Å². The first-order valence-corrected chi connectivity index (χ1v) is 14.3. The number of carboxylic acids is 1. The van der Waals surface area contributed by atoms with E-state index in [1.54, 1.807) is 18.2 Å². The van der Waals surface area contributed by atoms with Crippen molar-refractivity contribution >= 4 is 51.6 Å². The molecule has 0 spiro atoms. The minimum atomic E-state index is -0.986. The van der Waals surface area contributed by atoms with E-state index >= 15 is 0 Å². The Morgan fingerprint density at radius 2 is 1.30 bits per heavy atom. The van der Waals surface area contributed by atoms with Crippen molar-refractivity contribution < 1.29 is 9.90 Å². The number of aromatic carboxylic acids is 1. The van der Waals surface area contributed by atoms with Crippen molar-refractivity contribution in [1.82, 2.24) is 38.7 Å². The topological polar surface area (TPSA) is 133 Å². The van der Waals surface area contributed by atoms with Crippen molar-refractivity contribution in [3.05, 3.63) is 83.7 Å². The molecular formula is C31H34N10O2. The second-order valence-electron chi connectivity index (χ2n) is 10.3. The van der Waals surface area contributed by atoms with Crippen molar-refractivity contribution in [2.24, 2.45) is 0 Å². The Balaban J connectivity index is 1.31. The molecule has 6 rings (SSSR count). The number of hydrogen-bond acceptors (Lipinski definition) is 7. The van der Waals surface area contributed by atoms with E-state index in [9.17, 15) is 9.90 Å². The maximum absolute atomic E-state index is 11.6. The van der Waals surface area contributed by atoms with Gasteiger partial charge in [0.1, 0.15) is 11.6 Å². The van der Waals surface area contributed by atoms with Gasteiger partial charge in [0.2, 0.25) is 11.9 Å². The molecule has 4 aromatic heterocycles. The van der Waals surface area contributed by atoms with Crippen molar-refractivity contribution in [2.75, 3.05) is 10.6 Å². The largest absolute Gasteiger partial charge is 0.478 e. The smallest absolute Gasteiger partial charge is 0.335 e. The quantitative estimate of drug-likeness (QED) is 0.162. The van der Waals surface area contributed by atoms with Gasteiger partial charge in [0.05, 0.1) is 39.0 Å². The number of fused-ring (bicyclic) bond motifs is 2. The maximum Gasteiger partial charge on any atom is 0.335 e. The first-order chi connectivity index (χ1) is 20.8. The number of aryl methyl sites for hydroxylation is 4. The summed E-state index contributed by atoms with van der Waals surface area (Å²) in [4.78, 5) is 21.2. The third kappa shape index (κ3) is 5.46. The minimum absolute atomic E-state index is 0.195. The van der Waals surface area contributed by atoms with E-state index in [2.05, 4.69) is 50.5 Å². The van der Waals surface area contributed by atoms with E-state index in [0.29, 0.717) is 31.1 Å². The van der Waals surface area contributed by atoms with Crippen molar-refractivity contribution in [1.29, 1.82) is 0 Å². The van der Waals surface area contributed by atoms with E-state index in [4.69, 9.17) is 9.97 Å². The molecule has 0 saturated heterocycles. The second-order valence-corrected chi connectivity index (χ2v) is 10.3. The number of imidazole rings is 2. The van der Waals surface area contributed by atoms with E-state index in [1.807, 2.05) is 65.0 Å². The highest BCUT2D eigenvalue weighted by Crippen LogP contribution is 2.26. The summed E-state index contributed by atoms with van der Waals surface area (Å²) >= 11 is 0. The van der Waals surface area contributed by atoms with E-state index in [-0.39, 0.29) is 5.56 Å². The molecule has 0 aliphatic rings. The predicted molar refractivity (Wildman–Crippen MR) is 167 cm³/mol. The molecule has 2 aromatic carbocycles. The maximum atomic E-state index is 11.6. The van der Waals surface area contributed by atoms with Crippen LogP contribution < -0.4 is 10.6 Å². The van der Waals surface area contributed by atoms with Crippen LogP contribution in [-0.4, -0.2) is 49.7 Å². The molecule has 12 nitrogen and oxygen atoms in total. The average Bonchev–Trinajstić information content (AvgIpc) is 3.73. The Hall–Kier alpha value is -5.39. The zero-order chi connectivity index (χ0) is 30.1. The number of aromatic nitrogens is 8. The highest BCUT2D eigenvalue weighted by molar-refractivity contribution is 5.93. The molecule has 3 N–H and O–H groups in total. The van der Waals surface area contributed by atoms with Crippen LogP contribution in [0.4, 0.5) is 23.5 Å². The SMILES string of the molecule is CCn1nc(C)cc1Nc1nc2ccccc2n1C/C=C/Cn1c(Nc2cc(C)nn2CC)nc2cc(C(=O)O)ccc21. The predicted octanol–water partition coefficient (Wildman–Crippen LogP) is 5.88. The molecule has 43 heavy (non-hydrogen) atoms. The van der Waals surface area contributed by atoms with Crippen LogP contribution in [0.5, 0.6) is 0 Å². The summed E-state index contributed by atoms with van der Waals surface area (Å²) in [5.74, 6) is 2.07. The number of allylic oxidation sites excluding steroid dienone is 2. The standard InChI is InChI=1S/C31H34N10O2/c1-5-40-27(17-20(3)36-40)34-30-32-23-11-7-8-12-25(23)38(30)15-9-10-16-39-26-14-13-22(29(42)43)19-24(26)33-31(39)35-28-18-21(4)37-41(28)6-2/h7-14,17-19H,5-6,15-16H2,1-4H3,(H,32,34)(H,33,35)(H,42,43)/b10-9+. The van der Waals surface area contributed by atoms with Crippen molar-refractivity contribution in [2.45, 2.75) is 53.9 Å². The first-order valence-electron chi connectivity index (χ1n) is 14.3. The molecular weight excluding hydrogens is 544 g/mol. The van der Waals surface area contributed by atoms with Gasteiger partial charge in [-0.05, 0) is 58.0 Å². The Bertz CT molecular complexity index is 1970. The summed E-state index contributed by atoms with van der Waals surface area (Å²) in [6.07, 6.45) is 4.18. The van der Waals surface area contributed by atoms with Crippen LogP contribution in [0.1, 0.15) is 35.6 Å². The zero-order valence-corrected chi connectivity index (χ0v) is 24.6. The highest BCUT2D eigenvalue weighted by atomic mass is 16.4. The fourth-order valence-corrected chi connectivity index (χ4v) is 5.26. The Morgan fingerprint density at radius 3 is 1.86 bits per heavy atom. The summed E-state index contributed by atoms with van der Waals surface area (Å²) in [6.45, 7) is 10.6. The van der Waals surface area contributed by atoms with Crippen molar-refractivity contribution in [3.63, 3.8) is 0 Å². The van der Waals surface area contributed by atoms with Crippen LogP contribution in [0.15, 0.2) is 66.7 Å². The summed E-state index contributed by atoms with van der Waals surface area (Å²) < 4.78 is 7.98. The van der Waals surface area contributed by atoms with Gasteiger partial charge >= 0.3 is 5.97 Å². The summed E-state index contributed by atoms with van der Waals surface area (Å²) in [5, 5.41) is 25.5. The number of carbonyl (C=O) groups is 1. The molecule has 0 bridgehead atoms. The lowest BCUT2D eigenvalue weighted by molar-refractivity contribution is 0.0697. The summed E-state index contributed by atoms with van der Waals surface area (Å²) in [7, 11) is 0. The molecule has 0 atom stereocenters. The minimum Gasteiger partial charge on any atom is -0.478 e. The number of para-hydroxylation sites is 2. The van der Waals surface area contributed by atoms with Gasteiger partial charge in [-0.2, -0.15) is 10.2 Å². The third-order valence-corrected chi connectivity index (χ3v) is 7.28. The molecule has 220 valence electrons. The molecule has 0 aliphatic heterocycles. The lowest BCUT2D eigenvalue weighted by Gasteiger charge is -2.11.